The minimum atomic E-state index is -0.328. The first-order chi connectivity index (χ1) is 10.1. The first kappa shape index (κ1) is 15.2. The molecule has 112 valence electrons. The van der Waals surface area contributed by atoms with E-state index in [1.807, 2.05) is 11.8 Å². The number of benzene rings is 1. The van der Waals surface area contributed by atoms with Crippen LogP contribution >= 0.6 is 0 Å². The lowest BCUT2D eigenvalue weighted by Crippen LogP contribution is -2.24. The largest absolute Gasteiger partial charge is 0.330 e. The summed E-state index contributed by atoms with van der Waals surface area (Å²) >= 11 is 0. The highest BCUT2D eigenvalue weighted by Crippen LogP contribution is 2.23. The van der Waals surface area contributed by atoms with Gasteiger partial charge < -0.3 is 15.6 Å². The van der Waals surface area contributed by atoms with Gasteiger partial charge in [-0.2, -0.15) is 0 Å². The molecule has 0 unspecified atom stereocenters. The molecule has 6 heteroatoms. The Bertz CT molecular complexity index is 656. The molecule has 21 heavy (non-hydrogen) atoms. The van der Waals surface area contributed by atoms with Crippen molar-refractivity contribution in [1.29, 1.82) is 0 Å². The molecule has 2 rings (SSSR count). The summed E-state index contributed by atoms with van der Waals surface area (Å²) in [7, 11) is 0. The van der Waals surface area contributed by atoms with E-state index in [4.69, 9.17) is 5.73 Å². The number of aromatic amines is 1. The van der Waals surface area contributed by atoms with Crippen LogP contribution in [-0.4, -0.2) is 23.1 Å². The zero-order valence-corrected chi connectivity index (χ0v) is 12.0. The number of halogens is 1. The Balaban J connectivity index is 2.44. The van der Waals surface area contributed by atoms with Crippen LogP contribution in [0.1, 0.15) is 19.2 Å². The van der Waals surface area contributed by atoms with E-state index in [9.17, 15) is 9.18 Å². The molecule has 0 aliphatic rings. The van der Waals surface area contributed by atoms with Crippen molar-refractivity contribution in [2.45, 2.75) is 19.8 Å². The molecule has 2 aromatic rings. The number of anilines is 2. The van der Waals surface area contributed by atoms with Crippen molar-refractivity contribution in [3.63, 3.8) is 0 Å². The zero-order valence-electron chi connectivity index (χ0n) is 12.0. The van der Waals surface area contributed by atoms with Crippen LogP contribution in [0.5, 0.6) is 0 Å². The summed E-state index contributed by atoms with van der Waals surface area (Å²) in [6.45, 7) is 2.99. The van der Waals surface area contributed by atoms with Crippen LogP contribution in [0.3, 0.4) is 0 Å². The molecule has 0 atom stereocenters. The van der Waals surface area contributed by atoms with Crippen molar-refractivity contribution in [3.8, 4) is 0 Å². The first-order valence-corrected chi connectivity index (χ1v) is 6.97. The lowest BCUT2D eigenvalue weighted by Gasteiger charge is -2.24. The van der Waals surface area contributed by atoms with Crippen molar-refractivity contribution >= 4 is 11.5 Å². The van der Waals surface area contributed by atoms with Crippen molar-refractivity contribution < 1.29 is 4.39 Å². The van der Waals surface area contributed by atoms with E-state index in [2.05, 4.69) is 9.97 Å². The molecule has 0 saturated carbocycles. The van der Waals surface area contributed by atoms with Crippen LogP contribution < -0.4 is 16.2 Å². The number of nitrogens with zero attached hydrogens (tertiary/aromatic N) is 2. The Kier molecular flexibility index (Phi) is 5.05. The average Bonchev–Trinajstić information content (AvgIpc) is 2.47. The van der Waals surface area contributed by atoms with Gasteiger partial charge in [-0.3, -0.25) is 4.79 Å². The van der Waals surface area contributed by atoms with Gasteiger partial charge in [0.05, 0.1) is 0 Å². The second-order valence-corrected chi connectivity index (χ2v) is 4.68. The highest BCUT2D eigenvalue weighted by molar-refractivity contribution is 5.59. The molecule has 0 saturated heterocycles. The van der Waals surface area contributed by atoms with Crippen LogP contribution in [0.2, 0.25) is 0 Å². The average molecular weight is 290 g/mol. The van der Waals surface area contributed by atoms with Gasteiger partial charge >= 0.3 is 0 Å². The Morgan fingerprint density at radius 1 is 1.38 bits per heavy atom. The quantitative estimate of drug-likeness (QED) is 0.852. The van der Waals surface area contributed by atoms with Gasteiger partial charge in [0.25, 0.3) is 5.56 Å². The third-order valence-electron chi connectivity index (χ3n) is 3.09. The molecule has 1 aromatic heterocycles. The molecule has 0 radical (unpaired) electrons. The Morgan fingerprint density at radius 3 is 2.86 bits per heavy atom. The summed E-state index contributed by atoms with van der Waals surface area (Å²) in [5.74, 6) is 0.784. The van der Waals surface area contributed by atoms with Gasteiger partial charge in [-0.25, -0.2) is 9.37 Å². The van der Waals surface area contributed by atoms with E-state index in [0.717, 1.165) is 0 Å². The van der Waals surface area contributed by atoms with Crippen molar-refractivity contribution in [2.75, 3.05) is 18.0 Å². The van der Waals surface area contributed by atoms with Gasteiger partial charge in [0.15, 0.2) is 0 Å². The molecule has 0 fully saturated rings. The van der Waals surface area contributed by atoms with Gasteiger partial charge in [-0.05, 0) is 31.2 Å². The van der Waals surface area contributed by atoms with Gasteiger partial charge in [0.2, 0.25) is 0 Å². The number of nitrogens with two attached hydrogens (primary N) is 1. The van der Waals surface area contributed by atoms with E-state index < -0.39 is 0 Å². The third-order valence-corrected chi connectivity index (χ3v) is 3.09. The van der Waals surface area contributed by atoms with Gasteiger partial charge in [0.1, 0.15) is 17.5 Å². The predicted molar refractivity (Wildman–Crippen MR) is 81.3 cm³/mol. The summed E-state index contributed by atoms with van der Waals surface area (Å²) in [5.41, 5.74) is 6.00. The molecule has 1 aromatic carbocycles. The Labute approximate surface area is 122 Å². The van der Waals surface area contributed by atoms with E-state index in [1.165, 1.54) is 18.2 Å². The highest BCUT2D eigenvalue weighted by Gasteiger charge is 2.12. The molecule has 0 spiro atoms. The molecule has 5 nitrogen and oxygen atoms in total. The summed E-state index contributed by atoms with van der Waals surface area (Å²) in [4.78, 5) is 20.6. The summed E-state index contributed by atoms with van der Waals surface area (Å²) in [5, 5.41) is 0. The summed E-state index contributed by atoms with van der Waals surface area (Å²) < 4.78 is 13.5. The van der Waals surface area contributed by atoms with Crippen molar-refractivity contribution in [3.05, 3.63) is 52.3 Å². The molecular formula is C15H19FN4O. The normalized spacial score (nSPS) is 10.6. The fourth-order valence-electron chi connectivity index (χ4n) is 2.07. The number of aromatic nitrogens is 2. The van der Waals surface area contributed by atoms with Crippen LogP contribution in [0.15, 0.2) is 35.1 Å². The molecule has 0 aliphatic carbocycles. The predicted octanol–water partition coefficient (Wildman–Crippen LogP) is 1.96. The zero-order chi connectivity index (χ0) is 15.2. The van der Waals surface area contributed by atoms with E-state index in [0.29, 0.717) is 43.3 Å². The highest BCUT2D eigenvalue weighted by atomic mass is 19.1. The molecule has 0 amide bonds. The summed E-state index contributed by atoms with van der Waals surface area (Å²) in [6.07, 6.45) is 1.34. The second kappa shape index (κ2) is 6.99. The molecule has 3 N–H and O–H groups in total. The van der Waals surface area contributed by atoms with Gasteiger partial charge in [0, 0.05) is 24.7 Å². The standard InChI is InChI=1S/C15H19FN4O/c1-2-13-18-14(10-15(21)19-13)20(8-4-7-17)12-6-3-5-11(16)9-12/h3,5-6,9-10H,2,4,7-8,17H2,1H3,(H,18,19,21). The van der Waals surface area contributed by atoms with E-state index in [-0.39, 0.29) is 11.4 Å². The molecule has 0 bridgehead atoms. The topological polar surface area (TPSA) is 75.0 Å². The second-order valence-electron chi connectivity index (χ2n) is 4.68. The van der Waals surface area contributed by atoms with Gasteiger partial charge in [-0.1, -0.05) is 13.0 Å². The number of rotatable bonds is 6. The molecule has 0 aliphatic heterocycles. The number of nitrogens with one attached hydrogen (secondary N) is 1. The minimum Gasteiger partial charge on any atom is -0.330 e. The van der Waals surface area contributed by atoms with Crippen LogP contribution in [0.4, 0.5) is 15.9 Å². The maximum Gasteiger partial charge on any atom is 0.252 e. The SMILES string of the molecule is CCc1nc(N(CCCN)c2cccc(F)c2)cc(=O)[nH]1. The van der Waals surface area contributed by atoms with Crippen LogP contribution in [0, 0.1) is 5.82 Å². The minimum absolute atomic E-state index is 0.217. The molecular weight excluding hydrogens is 271 g/mol. The number of hydrogen-bond acceptors (Lipinski definition) is 4. The summed E-state index contributed by atoms with van der Waals surface area (Å²) in [6, 6.07) is 7.64. The Morgan fingerprint density at radius 2 is 2.19 bits per heavy atom. The van der Waals surface area contributed by atoms with Crippen LogP contribution in [-0.2, 0) is 6.42 Å². The third kappa shape index (κ3) is 3.88. The smallest absolute Gasteiger partial charge is 0.252 e. The fourth-order valence-corrected chi connectivity index (χ4v) is 2.07. The monoisotopic (exact) mass is 290 g/mol. The van der Waals surface area contributed by atoms with E-state index >= 15 is 0 Å². The van der Waals surface area contributed by atoms with E-state index in [1.54, 1.807) is 12.1 Å². The first-order valence-electron chi connectivity index (χ1n) is 6.97. The Hall–Kier alpha value is -2.21. The van der Waals surface area contributed by atoms with Gasteiger partial charge in [-0.15, -0.1) is 0 Å². The van der Waals surface area contributed by atoms with Crippen molar-refractivity contribution in [1.82, 2.24) is 9.97 Å². The fraction of sp³-hybridized carbons (Fsp3) is 0.333. The lowest BCUT2D eigenvalue weighted by atomic mass is 10.2. The van der Waals surface area contributed by atoms with Crippen molar-refractivity contribution in [2.24, 2.45) is 5.73 Å². The number of H-pyrrole nitrogens is 1. The molecule has 1 heterocycles. The number of hydrogen-bond donors (Lipinski definition) is 2. The van der Waals surface area contributed by atoms with Crippen LogP contribution in [0.25, 0.3) is 0 Å². The maximum absolute atomic E-state index is 13.5. The number of aryl methyl sites for hydroxylation is 1. The lowest BCUT2D eigenvalue weighted by molar-refractivity contribution is 0.627. The maximum atomic E-state index is 13.5.